The van der Waals surface area contributed by atoms with Gasteiger partial charge in [0.15, 0.2) is 28.9 Å². The molecule has 2 aliphatic heterocycles. The van der Waals surface area contributed by atoms with Crippen LogP contribution in [0.4, 0.5) is 11.8 Å². The third-order valence-corrected chi connectivity index (χ3v) is 10.9. The van der Waals surface area contributed by atoms with Crippen molar-refractivity contribution >= 4 is 49.7 Å². The van der Waals surface area contributed by atoms with E-state index in [1.807, 2.05) is 0 Å². The molecular weight excluding hydrogens is 658 g/mol. The van der Waals surface area contributed by atoms with Crippen molar-refractivity contribution in [1.82, 2.24) is 39.0 Å². The summed E-state index contributed by atoms with van der Waals surface area (Å²) in [6, 6.07) is -0.830. The Morgan fingerprint density at radius 3 is 2.50 bits per heavy atom. The van der Waals surface area contributed by atoms with Crippen LogP contribution in [-0.4, -0.2) is 103 Å². The first kappa shape index (κ1) is 30.0. The van der Waals surface area contributed by atoms with Gasteiger partial charge in [-0.3, -0.25) is 32.4 Å². The molecule has 11 atom stereocenters. The fraction of sp³-hybridized carbons (Fsp3) is 0.545. The molecule has 2 aliphatic carbocycles. The molecule has 22 nitrogen and oxygen atoms in total. The minimum absolute atomic E-state index is 0.0996. The molecule has 246 valence electrons. The van der Waals surface area contributed by atoms with Crippen LogP contribution in [0.2, 0.25) is 0 Å². The van der Waals surface area contributed by atoms with Crippen molar-refractivity contribution < 1.29 is 52.0 Å². The Morgan fingerprint density at radius 1 is 0.957 bits per heavy atom. The molecule has 2 unspecified atom stereocenters. The first-order valence-electron chi connectivity index (χ1n) is 13.8. The highest BCUT2D eigenvalue weighted by Gasteiger charge is 2.74. The number of aromatic nitrogens is 8. The zero-order valence-corrected chi connectivity index (χ0v) is 25.0. The van der Waals surface area contributed by atoms with E-state index in [1.165, 1.54) is 17.2 Å². The Morgan fingerprint density at radius 2 is 1.70 bits per heavy atom. The number of anilines is 2. The van der Waals surface area contributed by atoms with E-state index < -0.39 is 88.5 Å². The number of hydrogen-bond acceptors (Lipinski definition) is 17. The van der Waals surface area contributed by atoms with Gasteiger partial charge in [0.25, 0.3) is 5.56 Å². The number of imidazole rings is 2. The van der Waals surface area contributed by atoms with Gasteiger partial charge in [0.2, 0.25) is 5.95 Å². The molecular formula is C22H26N10O12P2. The molecule has 8 rings (SSSR count). The van der Waals surface area contributed by atoms with Gasteiger partial charge in [-0.05, 0) is 12.3 Å². The van der Waals surface area contributed by atoms with Crippen molar-refractivity contribution in [2.75, 3.05) is 24.7 Å². The first-order valence-corrected chi connectivity index (χ1v) is 16.8. The van der Waals surface area contributed by atoms with E-state index in [4.69, 9.17) is 34.3 Å². The number of aliphatic hydroxyl groups is 2. The molecule has 2 saturated carbocycles. The quantitative estimate of drug-likeness (QED) is 0.116. The van der Waals surface area contributed by atoms with E-state index in [9.17, 15) is 33.9 Å². The number of phosphoric ester groups is 2. The molecule has 4 aliphatic rings. The zero-order valence-electron chi connectivity index (χ0n) is 23.2. The van der Waals surface area contributed by atoms with E-state index in [0.29, 0.717) is 0 Å². The number of hydrogen-bond donors (Lipinski definition) is 7. The molecule has 4 fully saturated rings. The highest BCUT2D eigenvalue weighted by atomic mass is 31.2. The van der Waals surface area contributed by atoms with Crippen LogP contribution in [-0.2, 0) is 32.0 Å². The number of nitrogens with one attached hydrogen (secondary N) is 1. The van der Waals surface area contributed by atoms with Crippen LogP contribution in [0.25, 0.3) is 22.3 Å². The predicted molar refractivity (Wildman–Crippen MR) is 149 cm³/mol. The van der Waals surface area contributed by atoms with E-state index in [0.717, 1.165) is 10.9 Å². The van der Waals surface area contributed by atoms with Gasteiger partial charge >= 0.3 is 15.6 Å². The fourth-order valence-corrected chi connectivity index (χ4v) is 8.83. The average Bonchev–Trinajstić information content (AvgIpc) is 3.26. The summed E-state index contributed by atoms with van der Waals surface area (Å²) in [5, 5.41) is 22.5. The van der Waals surface area contributed by atoms with E-state index >= 15 is 0 Å². The fourth-order valence-electron chi connectivity index (χ4n) is 6.81. The monoisotopic (exact) mass is 684 g/mol. The molecule has 0 radical (unpaired) electrons. The van der Waals surface area contributed by atoms with Crippen LogP contribution in [0.15, 0.2) is 23.8 Å². The number of aromatic amines is 1. The van der Waals surface area contributed by atoms with E-state index in [2.05, 4.69) is 29.9 Å². The number of ether oxygens (including phenoxy) is 1. The highest BCUT2D eigenvalue weighted by Crippen LogP contribution is 2.72. The lowest BCUT2D eigenvalue weighted by Gasteiger charge is -2.30. The van der Waals surface area contributed by atoms with Gasteiger partial charge in [0.05, 0.1) is 31.9 Å². The Hall–Kier alpha value is -3.40. The van der Waals surface area contributed by atoms with Gasteiger partial charge in [-0.15, -0.1) is 0 Å². The second kappa shape index (κ2) is 10.1. The van der Waals surface area contributed by atoms with E-state index in [-0.39, 0.29) is 40.5 Å². The van der Waals surface area contributed by atoms with Gasteiger partial charge < -0.3 is 40.8 Å². The maximum atomic E-state index is 13.4. The van der Waals surface area contributed by atoms with Crippen LogP contribution in [0.3, 0.4) is 0 Å². The van der Waals surface area contributed by atoms with Crippen molar-refractivity contribution in [2.45, 2.75) is 49.2 Å². The van der Waals surface area contributed by atoms with Gasteiger partial charge in [-0.25, -0.2) is 29.1 Å². The molecule has 2 saturated heterocycles. The summed E-state index contributed by atoms with van der Waals surface area (Å²) in [5.41, 5.74) is 9.95. The van der Waals surface area contributed by atoms with Crippen molar-refractivity contribution in [2.24, 2.45) is 11.3 Å². The summed E-state index contributed by atoms with van der Waals surface area (Å²) in [5.74, 6) is -0.685. The molecule has 24 heteroatoms. The molecule has 1 spiro atoms. The number of rotatable bonds is 2. The van der Waals surface area contributed by atoms with Crippen molar-refractivity contribution in [3.63, 3.8) is 0 Å². The number of nitrogens with zero attached hydrogens (tertiary/aromatic N) is 7. The minimum Gasteiger partial charge on any atom is -0.388 e. The molecule has 2 bridgehead atoms. The summed E-state index contributed by atoms with van der Waals surface area (Å²) in [6.07, 6.45) is -5.27. The molecule has 4 aromatic heterocycles. The molecule has 46 heavy (non-hydrogen) atoms. The predicted octanol–water partition coefficient (Wildman–Crippen LogP) is -1.68. The van der Waals surface area contributed by atoms with Gasteiger partial charge in [0.1, 0.15) is 42.4 Å². The zero-order chi connectivity index (χ0) is 32.3. The summed E-state index contributed by atoms with van der Waals surface area (Å²) in [4.78, 5) is 56.6. The summed E-state index contributed by atoms with van der Waals surface area (Å²) < 4.78 is 56.8. The van der Waals surface area contributed by atoms with Crippen molar-refractivity contribution in [3.05, 3.63) is 29.3 Å². The Labute approximate surface area is 255 Å². The number of nitrogens with two attached hydrogens (primary N) is 2. The number of aliphatic hydroxyl groups excluding tert-OH is 2. The third-order valence-electron chi connectivity index (χ3n) is 8.96. The SMILES string of the molecule is Nc1nc2c(ncn2[C@@H]2O[C@@H]3COP(=O)(O)O[C@H]4[C@@H](O)[C@H](n5cnc6c(N)ncnc65)[C@H]5C[C@]54COP(=O)(O)O[C@@H]2[C@@H]3O)c(=O)[nH]1. The number of phosphoric acid groups is 2. The van der Waals surface area contributed by atoms with Crippen LogP contribution in [0, 0.1) is 11.3 Å². The Bertz CT molecular complexity index is 2040. The van der Waals surface area contributed by atoms with E-state index in [1.54, 1.807) is 0 Å². The maximum Gasteiger partial charge on any atom is 0.472 e. The van der Waals surface area contributed by atoms with Crippen LogP contribution >= 0.6 is 15.6 Å². The molecule has 9 N–H and O–H groups in total. The lowest BCUT2D eigenvalue weighted by Crippen LogP contribution is -2.38. The standard InChI is InChI=1S/C22H26N10O12P2/c23-16-9-17(26-4-25-16)31(5-27-9)11-7-1-22(7)3-41-46(38,39)43-14-12(33)8(2-40-45(36,37)44-15(22)13(11)34)42-20(14)32-6-28-10-18(32)29-21(24)30-19(10)35/h4-8,11-15,20,33-34H,1-3H2,(H,36,37)(H,38,39)(H2,23,25,26)(H3,24,29,30,35)/t7-,8-,11-,12-,13+,14-,15+,20-,22+/m1/s1. The van der Waals surface area contributed by atoms with Crippen LogP contribution in [0.1, 0.15) is 18.7 Å². The maximum absolute atomic E-state index is 13.4. The highest BCUT2D eigenvalue weighted by molar-refractivity contribution is 7.47. The summed E-state index contributed by atoms with van der Waals surface area (Å²) >= 11 is 0. The van der Waals surface area contributed by atoms with Crippen molar-refractivity contribution in [3.8, 4) is 0 Å². The normalized spacial score (nSPS) is 41.0. The number of nitrogen functional groups attached to an aromatic ring is 2. The van der Waals surface area contributed by atoms with Crippen molar-refractivity contribution in [1.29, 1.82) is 0 Å². The molecule has 0 aromatic carbocycles. The summed E-state index contributed by atoms with van der Waals surface area (Å²) in [7, 11) is -10.1. The largest absolute Gasteiger partial charge is 0.472 e. The Kier molecular flexibility index (Phi) is 6.55. The molecule has 0 amide bonds. The number of H-pyrrole nitrogens is 1. The van der Waals surface area contributed by atoms with Crippen LogP contribution < -0.4 is 17.0 Å². The molecule has 4 aromatic rings. The second-order valence-electron chi connectivity index (χ2n) is 11.5. The third kappa shape index (κ3) is 4.53. The average molecular weight is 684 g/mol. The van der Waals surface area contributed by atoms with Gasteiger partial charge in [0, 0.05) is 5.41 Å². The van der Waals surface area contributed by atoms with Gasteiger partial charge in [-0.2, -0.15) is 4.98 Å². The topological polar surface area (TPSA) is 320 Å². The number of fused-ring (bicyclic) bond motifs is 4. The lowest BCUT2D eigenvalue weighted by atomic mass is 10.0. The second-order valence-corrected chi connectivity index (χ2v) is 14.4. The Balaban J connectivity index is 1.14. The van der Waals surface area contributed by atoms with Gasteiger partial charge in [-0.1, -0.05) is 0 Å². The molecule has 6 heterocycles. The van der Waals surface area contributed by atoms with Crippen LogP contribution in [0.5, 0.6) is 0 Å². The summed E-state index contributed by atoms with van der Waals surface area (Å²) in [6.45, 7) is -1.34. The lowest BCUT2D eigenvalue weighted by molar-refractivity contribution is -0.0668. The smallest absolute Gasteiger partial charge is 0.388 e. The first-order chi connectivity index (χ1) is 21.8. The minimum atomic E-state index is -5.05.